The molecule has 3 rings (SSSR count). The maximum Gasteiger partial charge on any atom is 0.248 e. The van der Waals surface area contributed by atoms with Crippen LogP contribution in [0.3, 0.4) is 0 Å². The molecule has 0 saturated heterocycles. The van der Waals surface area contributed by atoms with Gasteiger partial charge in [0, 0.05) is 43.3 Å². The summed E-state index contributed by atoms with van der Waals surface area (Å²) < 4.78 is 4.91. The van der Waals surface area contributed by atoms with E-state index in [0.29, 0.717) is 23.1 Å². The minimum atomic E-state index is 0.00700. The molecule has 1 aliphatic heterocycles. The molecule has 1 aliphatic rings. The summed E-state index contributed by atoms with van der Waals surface area (Å²) in [6.07, 6.45) is 0.785. The van der Waals surface area contributed by atoms with Crippen molar-refractivity contribution in [1.82, 2.24) is 9.88 Å². The summed E-state index contributed by atoms with van der Waals surface area (Å²) in [5.74, 6) is 0.00700. The Hall–Kier alpha value is -1.23. The third-order valence-corrected chi connectivity index (χ3v) is 4.47. The second kappa shape index (κ2) is 7.36. The first-order valence-electron chi connectivity index (χ1n) is 7.36. The Morgan fingerprint density at radius 3 is 2.77 bits per heavy atom. The Kier molecular flexibility index (Phi) is 5.73. The van der Waals surface area contributed by atoms with Crippen molar-refractivity contribution in [3.05, 3.63) is 33.4 Å². The fourth-order valence-electron chi connectivity index (χ4n) is 2.65. The molecule has 0 fully saturated rings. The number of carbonyl (C=O) groups excluding carboxylic acids is 1. The number of hydrogen-bond donors (Lipinski definition) is 1. The van der Waals surface area contributed by atoms with Crippen molar-refractivity contribution in [3.8, 4) is 0 Å². The van der Waals surface area contributed by atoms with E-state index >= 15 is 0 Å². The van der Waals surface area contributed by atoms with E-state index in [-0.39, 0.29) is 12.5 Å². The van der Waals surface area contributed by atoms with E-state index in [4.69, 9.17) is 27.9 Å². The maximum absolute atomic E-state index is 11.9. The van der Waals surface area contributed by atoms with Gasteiger partial charge in [-0.3, -0.25) is 4.79 Å². The molecule has 4 nitrogen and oxygen atoms in total. The Balaban J connectivity index is 0.000000847. The molecule has 0 saturated carbocycles. The summed E-state index contributed by atoms with van der Waals surface area (Å²) in [7, 11) is 1.53. The molecular formula is C16H20Cl2N2O2. The van der Waals surface area contributed by atoms with E-state index in [9.17, 15) is 4.79 Å². The molecule has 0 atom stereocenters. The topological polar surface area (TPSA) is 45.3 Å². The molecule has 120 valence electrons. The number of carbonyl (C=O) groups is 1. The highest BCUT2D eigenvalue weighted by Gasteiger charge is 2.24. The van der Waals surface area contributed by atoms with Crippen LogP contribution in [0.1, 0.15) is 25.1 Å². The van der Waals surface area contributed by atoms with Crippen molar-refractivity contribution in [2.45, 2.75) is 26.8 Å². The van der Waals surface area contributed by atoms with Gasteiger partial charge in [0.2, 0.25) is 5.91 Å². The van der Waals surface area contributed by atoms with Crippen LogP contribution in [0.5, 0.6) is 0 Å². The highest BCUT2D eigenvalue weighted by Crippen LogP contribution is 2.35. The van der Waals surface area contributed by atoms with Crippen LogP contribution in [0.15, 0.2) is 12.1 Å². The first-order chi connectivity index (χ1) is 10.6. The molecular weight excluding hydrogens is 323 g/mol. The SMILES string of the molecule is CC.COCC(=O)N1CCc2[nH]c3c(Cl)c(Cl)ccc3c2C1. The third-order valence-electron chi connectivity index (χ3n) is 3.66. The van der Waals surface area contributed by atoms with Crippen LogP contribution >= 0.6 is 23.2 Å². The molecule has 0 bridgehead atoms. The fourth-order valence-corrected chi connectivity index (χ4v) is 3.02. The monoisotopic (exact) mass is 342 g/mol. The van der Waals surface area contributed by atoms with Gasteiger partial charge in [0.1, 0.15) is 6.61 Å². The highest BCUT2D eigenvalue weighted by molar-refractivity contribution is 6.45. The average molecular weight is 343 g/mol. The second-order valence-electron chi connectivity index (χ2n) is 4.86. The van der Waals surface area contributed by atoms with Gasteiger partial charge < -0.3 is 14.6 Å². The zero-order valence-corrected chi connectivity index (χ0v) is 14.5. The molecule has 0 aliphatic carbocycles. The lowest BCUT2D eigenvalue weighted by molar-refractivity contribution is -0.136. The van der Waals surface area contributed by atoms with Crippen molar-refractivity contribution in [2.24, 2.45) is 0 Å². The van der Waals surface area contributed by atoms with Gasteiger partial charge >= 0.3 is 0 Å². The fraction of sp³-hybridized carbons (Fsp3) is 0.438. The summed E-state index contributed by atoms with van der Waals surface area (Å²) in [5.41, 5.74) is 3.10. The lowest BCUT2D eigenvalue weighted by Crippen LogP contribution is -2.37. The van der Waals surface area contributed by atoms with Crippen LogP contribution in [0.2, 0.25) is 10.0 Å². The molecule has 2 heterocycles. The zero-order chi connectivity index (χ0) is 16.3. The molecule has 22 heavy (non-hydrogen) atoms. The van der Waals surface area contributed by atoms with Crippen molar-refractivity contribution in [1.29, 1.82) is 0 Å². The molecule has 1 amide bonds. The maximum atomic E-state index is 11.9. The van der Waals surface area contributed by atoms with Gasteiger partial charge in [-0.1, -0.05) is 43.1 Å². The standard InChI is InChI=1S/C14H14Cl2N2O2.C2H6/c1-20-7-12(19)18-5-4-11-9(6-18)8-2-3-10(15)13(16)14(8)17-11;1-2/h2-3,17H,4-7H2,1H3;1-2H3. The summed E-state index contributed by atoms with van der Waals surface area (Å²) in [6, 6.07) is 3.74. The Morgan fingerprint density at radius 2 is 2.09 bits per heavy atom. The number of aromatic nitrogens is 1. The number of fused-ring (bicyclic) bond motifs is 3. The second-order valence-corrected chi connectivity index (χ2v) is 5.65. The van der Waals surface area contributed by atoms with Crippen LogP contribution < -0.4 is 0 Å². The van der Waals surface area contributed by atoms with E-state index in [1.807, 2.05) is 24.8 Å². The lowest BCUT2D eigenvalue weighted by Gasteiger charge is -2.27. The minimum absolute atomic E-state index is 0.00700. The molecule has 0 radical (unpaired) electrons. The molecule has 1 aromatic heterocycles. The predicted octanol–water partition coefficient (Wildman–Crippen LogP) is 4.03. The summed E-state index contributed by atoms with van der Waals surface area (Å²) in [4.78, 5) is 17.1. The van der Waals surface area contributed by atoms with Gasteiger partial charge in [0.25, 0.3) is 0 Å². The van der Waals surface area contributed by atoms with Crippen LogP contribution in [0.4, 0.5) is 0 Å². The largest absolute Gasteiger partial charge is 0.375 e. The number of aromatic amines is 1. The van der Waals surface area contributed by atoms with Crippen molar-refractivity contribution < 1.29 is 9.53 Å². The van der Waals surface area contributed by atoms with Crippen molar-refractivity contribution >= 4 is 40.0 Å². The number of rotatable bonds is 2. The smallest absolute Gasteiger partial charge is 0.248 e. The number of ether oxygens (including phenoxy) is 1. The number of nitrogens with one attached hydrogen (secondary N) is 1. The van der Waals surface area contributed by atoms with Crippen LogP contribution in [0.25, 0.3) is 10.9 Å². The quantitative estimate of drug-likeness (QED) is 0.895. The number of nitrogens with zero attached hydrogens (tertiary/aromatic N) is 1. The summed E-state index contributed by atoms with van der Waals surface area (Å²) in [6.45, 7) is 5.38. The summed E-state index contributed by atoms with van der Waals surface area (Å²) in [5, 5.41) is 2.10. The Labute approximate surface area is 140 Å². The predicted molar refractivity (Wildman–Crippen MR) is 90.7 cm³/mol. The number of methoxy groups -OCH3 is 1. The van der Waals surface area contributed by atoms with Crippen LogP contribution in [-0.4, -0.2) is 36.1 Å². The molecule has 0 spiro atoms. The van der Waals surface area contributed by atoms with Gasteiger partial charge in [-0.15, -0.1) is 0 Å². The van der Waals surface area contributed by atoms with Gasteiger partial charge in [-0.05, 0) is 6.07 Å². The number of benzene rings is 1. The molecule has 1 aromatic carbocycles. The number of hydrogen-bond acceptors (Lipinski definition) is 2. The van der Waals surface area contributed by atoms with E-state index in [1.54, 1.807) is 6.07 Å². The van der Waals surface area contributed by atoms with Gasteiger partial charge in [0.05, 0.1) is 15.6 Å². The first kappa shape index (κ1) is 17.1. The molecule has 2 aromatic rings. The number of amides is 1. The highest BCUT2D eigenvalue weighted by atomic mass is 35.5. The van der Waals surface area contributed by atoms with Gasteiger partial charge in [0.15, 0.2) is 0 Å². The van der Waals surface area contributed by atoms with E-state index in [1.165, 1.54) is 7.11 Å². The Morgan fingerprint density at radius 1 is 1.36 bits per heavy atom. The van der Waals surface area contributed by atoms with Gasteiger partial charge in [-0.2, -0.15) is 0 Å². The number of H-pyrrole nitrogens is 1. The normalized spacial score (nSPS) is 13.6. The third kappa shape index (κ3) is 3.09. The van der Waals surface area contributed by atoms with Crippen LogP contribution in [0, 0.1) is 0 Å². The van der Waals surface area contributed by atoms with Crippen molar-refractivity contribution in [2.75, 3.05) is 20.3 Å². The van der Waals surface area contributed by atoms with E-state index < -0.39 is 0 Å². The number of halogens is 2. The Bertz CT molecular complexity index is 682. The molecule has 6 heteroatoms. The minimum Gasteiger partial charge on any atom is -0.375 e. The zero-order valence-electron chi connectivity index (χ0n) is 13.0. The van der Waals surface area contributed by atoms with E-state index in [0.717, 1.165) is 28.6 Å². The first-order valence-corrected chi connectivity index (χ1v) is 8.11. The average Bonchev–Trinajstić information content (AvgIpc) is 2.91. The molecule has 1 N–H and O–H groups in total. The van der Waals surface area contributed by atoms with E-state index in [2.05, 4.69) is 4.98 Å². The van der Waals surface area contributed by atoms with Crippen LogP contribution in [-0.2, 0) is 22.5 Å². The lowest BCUT2D eigenvalue weighted by atomic mass is 10.0. The van der Waals surface area contributed by atoms with Gasteiger partial charge in [-0.25, -0.2) is 0 Å². The summed E-state index contributed by atoms with van der Waals surface area (Å²) >= 11 is 12.3. The molecule has 0 unspecified atom stereocenters. The van der Waals surface area contributed by atoms with Crippen molar-refractivity contribution in [3.63, 3.8) is 0 Å².